The number of furan rings is 1. The Morgan fingerprint density at radius 3 is 3.15 bits per heavy atom. The summed E-state index contributed by atoms with van der Waals surface area (Å²) in [7, 11) is 0. The maximum atomic E-state index is 5.28. The van der Waals surface area contributed by atoms with Gasteiger partial charge < -0.3 is 9.73 Å². The van der Waals surface area contributed by atoms with Crippen LogP contribution in [0.25, 0.3) is 0 Å². The molecule has 0 atom stereocenters. The quantitative estimate of drug-likeness (QED) is 0.816. The summed E-state index contributed by atoms with van der Waals surface area (Å²) >= 11 is 1.59. The van der Waals surface area contributed by atoms with Gasteiger partial charge in [0.15, 0.2) is 5.13 Å². The largest absolute Gasteiger partial charge is 0.467 e. The van der Waals surface area contributed by atoms with Crippen molar-refractivity contribution in [2.75, 3.05) is 5.32 Å². The van der Waals surface area contributed by atoms with Crippen LogP contribution in [-0.2, 0) is 6.54 Å². The summed E-state index contributed by atoms with van der Waals surface area (Å²) in [5, 5.41) is 6.05. The Labute approximate surface area is 80.4 Å². The zero-order valence-electron chi connectivity index (χ0n) is 7.28. The van der Waals surface area contributed by atoms with E-state index >= 15 is 0 Å². The molecule has 2 rings (SSSR count). The highest BCUT2D eigenvalue weighted by molar-refractivity contribution is 7.13. The predicted molar refractivity (Wildman–Crippen MR) is 52.9 cm³/mol. The Morgan fingerprint density at radius 2 is 2.54 bits per heavy atom. The number of aryl methyl sites for hydroxylation is 1. The van der Waals surface area contributed by atoms with Crippen LogP contribution in [0.4, 0.5) is 5.13 Å². The van der Waals surface area contributed by atoms with E-state index in [9.17, 15) is 0 Å². The number of nitrogens with one attached hydrogen (secondary N) is 1. The Hall–Kier alpha value is -1.29. The van der Waals surface area contributed by atoms with Gasteiger partial charge in [-0.3, -0.25) is 0 Å². The van der Waals surface area contributed by atoms with Gasteiger partial charge >= 0.3 is 0 Å². The second-order valence-electron chi connectivity index (χ2n) is 2.72. The van der Waals surface area contributed by atoms with Crippen molar-refractivity contribution in [3.05, 3.63) is 35.2 Å². The molecule has 0 saturated heterocycles. The van der Waals surface area contributed by atoms with Crippen molar-refractivity contribution < 1.29 is 4.42 Å². The molecule has 0 radical (unpaired) electrons. The number of rotatable bonds is 3. The van der Waals surface area contributed by atoms with Crippen LogP contribution in [0.3, 0.4) is 0 Å². The molecule has 13 heavy (non-hydrogen) atoms. The molecule has 2 aromatic heterocycles. The van der Waals surface area contributed by atoms with Crippen molar-refractivity contribution in [2.45, 2.75) is 13.5 Å². The molecule has 3 nitrogen and oxygen atoms in total. The minimum Gasteiger partial charge on any atom is -0.467 e. The summed E-state index contributed by atoms with van der Waals surface area (Å²) in [6.07, 6.45) is 3.48. The Kier molecular flexibility index (Phi) is 2.31. The Balaban J connectivity index is 1.97. The summed E-state index contributed by atoms with van der Waals surface area (Å²) in [5.41, 5.74) is 1.17. The van der Waals surface area contributed by atoms with Crippen molar-refractivity contribution in [1.82, 2.24) is 4.98 Å². The molecule has 0 aromatic carbocycles. The molecule has 1 N–H and O–H groups in total. The van der Waals surface area contributed by atoms with Gasteiger partial charge in [-0.05, 0) is 18.6 Å². The van der Waals surface area contributed by atoms with Crippen LogP contribution in [0.15, 0.2) is 28.3 Å². The van der Waals surface area contributed by atoms with Gasteiger partial charge in [0.2, 0.25) is 0 Å². The summed E-state index contributed by atoms with van der Waals surface area (Å²) in [6, 6.07) is 1.96. The molecule has 0 bridgehead atoms. The molecule has 0 fully saturated rings. The van der Waals surface area contributed by atoms with E-state index in [4.69, 9.17) is 4.42 Å². The first kappa shape index (κ1) is 8.31. The van der Waals surface area contributed by atoms with Crippen molar-refractivity contribution >= 4 is 16.5 Å². The zero-order valence-corrected chi connectivity index (χ0v) is 8.10. The summed E-state index contributed by atoms with van der Waals surface area (Å²) in [5.74, 6) is 0.968. The van der Waals surface area contributed by atoms with Crippen molar-refractivity contribution in [3.8, 4) is 0 Å². The molecule has 0 amide bonds. The van der Waals surface area contributed by atoms with E-state index in [2.05, 4.69) is 10.3 Å². The molecule has 2 heterocycles. The van der Waals surface area contributed by atoms with Crippen LogP contribution in [0.1, 0.15) is 11.3 Å². The molecule has 2 aromatic rings. The number of hydrogen-bond donors (Lipinski definition) is 1. The normalized spacial score (nSPS) is 10.2. The lowest BCUT2D eigenvalue weighted by atomic mass is 10.3. The number of thiazole rings is 1. The van der Waals surface area contributed by atoms with E-state index in [0.29, 0.717) is 6.54 Å². The topological polar surface area (TPSA) is 38.1 Å². The maximum Gasteiger partial charge on any atom is 0.182 e. The van der Waals surface area contributed by atoms with Crippen LogP contribution < -0.4 is 5.32 Å². The van der Waals surface area contributed by atoms with Crippen LogP contribution >= 0.6 is 11.3 Å². The molecule has 4 heteroatoms. The molecule has 0 aliphatic heterocycles. The Morgan fingerprint density at radius 1 is 1.62 bits per heavy atom. The van der Waals surface area contributed by atoms with Crippen LogP contribution in [0.5, 0.6) is 0 Å². The lowest BCUT2D eigenvalue weighted by Gasteiger charge is -1.99. The molecular formula is C9H10N2OS. The van der Waals surface area contributed by atoms with E-state index < -0.39 is 0 Å². The van der Waals surface area contributed by atoms with E-state index in [1.807, 2.05) is 18.4 Å². The molecule has 68 valence electrons. The van der Waals surface area contributed by atoms with Crippen LogP contribution in [0, 0.1) is 6.92 Å². The van der Waals surface area contributed by atoms with Gasteiger partial charge in [0.05, 0.1) is 12.8 Å². The van der Waals surface area contributed by atoms with Gasteiger partial charge in [0.25, 0.3) is 0 Å². The van der Waals surface area contributed by atoms with E-state index in [1.165, 1.54) is 5.56 Å². The SMILES string of the molecule is Cc1ccoc1CNc1nccs1. The first-order valence-electron chi connectivity index (χ1n) is 4.02. The highest BCUT2D eigenvalue weighted by Gasteiger charge is 2.01. The van der Waals surface area contributed by atoms with Crippen molar-refractivity contribution in [3.63, 3.8) is 0 Å². The second kappa shape index (κ2) is 3.62. The molecule has 0 saturated carbocycles. The predicted octanol–water partition coefficient (Wildman–Crippen LogP) is 2.66. The van der Waals surface area contributed by atoms with E-state index in [-0.39, 0.29) is 0 Å². The second-order valence-corrected chi connectivity index (χ2v) is 3.61. The van der Waals surface area contributed by atoms with Crippen molar-refractivity contribution in [1.29, 1.82) is 0 Å². The summed E-state index contributed by atoms with van der Waals surface area (Å²) < 4.78 is 5.28. The first-order chi connectivity index (χ1) is 6.36. The van der Waals surface area contributed by atoms with Crippen LogP contribution in [0.2, 0.25) is 0 Å². The maximum absolute atomic E-state index is 5.28. The minimum atomic E-state index is 0.701. The van der Waals surface area contributed by atoms with Gasteiger partial charge in [-0.25, -0.2) is 4.98 Å². The molecule has 0 unspecified atom stereocenters. The molecule has 0 aliphatic rings. The third kappa shape index (κ3) is 1.89. The van der Waals surface area contributed by atoms with Crippen LogP contribution in [-0.4, -0.2) is 4.98 Å². The number of nitrogens with zero attached hydrogens (tertiary/aromatic N) is 1. The fourth-order valence-electron chi connectivity index (χ4n) is 1.05. The average Bonchev–Trinajstić information content (AvgIpc) is 2.72. The highest BCUT2D eigenvalue weighted by Crippen LogP contribution is 2.14. The highest BCUT2D eigenvalue weighted by atomic mass is 32.1. The fourth-order valence-corrected chi connectivity index (χ4v) is 1.58. The van der Waals surface area contributed by atoms with Gasteiger partial charge in [-0.2, -0.15) is 0 Å². The van der Waals surface area contributed by atoms with E-state index in [0.717, 1.165) is 10.9 Å². The van der Waals surface area contributed by atoms with Gasteiger partial charge in [-0.15, -0.1) is 11.3 Å². The number of aromatic nitrogens is 1. The van der Waals surface area contributed by atoms with Gasteiger partial charge in [0, 0.05) is 11.6 Å². The van der Waals surface area contributed by atoms with Gasteiger partial charge in [0.1, 0.15) is 5.76 Å². The minimum absolute atomic E-state index is 0.701. The summed E-state index contributed by atoms with van der Waals surface area (Å²) in [4.78, 5) is 4.11. The van der Waals surface area contributed by atoms with E-state index in [1.54, 1.807) is 23.8 Å². The molecular weight excluding hydrogens is 184 g/mol. The lowest BCUT2D eigenvalue weighted by molar-refractivity contribution is 0.515. The van der Waals surface area contributed by atoms with Gasteiger partial charge in [-0.1, -0.05) is 0 Å². The zero-order chi connectivity index (χ0) is 9.10. The molecule has 0 spiro atoms. The van der Waals surface area contributed by atoms with Crippen molar-refractivity contribution in [2.24, 2.45) is 0 Å². The number of anilines is 1. The first-order valence-corrected chi connectivity index (χ1v) is 4.90. The Bertz CT molecular complexity index is 367. The summed E-state index contributed by atoms with van der Waals surface area (Å²) in [6.45, 7) is 2.73. The fraction of sp³-hybridized carbons (Fsp3) is 0.222. The molecule has 0 aliphatic carbocycles. The lowest BCUT2D eigenvalue weighted by Crippen LogP contribution is -1.98. The standard InChI is InChI=1S/C9H10N2OS/c1-7-2-4-12-8(7)6-11-9-10-3-5-13-9/h2-5H,6H2,1H3,(H,10,11). The smallest absolute Gasteiger partial charge is 0.182 e. The monoisotopic (exact) mass is 194 g/mol. The average molecular weight is 194 g/mol. The third-order valence-electron chi connectivity index (χ3n) is 1.80. The third-order valence-corrected chi connectivity index (χ3v) is 2.53. The number of hydrogen-bond acceptors (Lipinski definition) is 4.